The molecule has 3 aromatic carbocycles. The minimum Gasteiger partial charge on any atom is -0.492 e. The number of ether oxygens (including phenoxy) is 1. The molecule has 3 aromatic rings. The van der Waals surface area contributed by atoms with Crippen molar-refractivity contribution in [1.29, 1.82) is 0 Å². The maximum atomic E-state index is 12.4. The van der Waals surface area contributed by atoms with E-state index in [-0.39, 0.29) is 24.8 Å². The van der Waals surface area contributed by atoms with Crippen LogP contribution in [0.1, 0.15) is 13.3 Å². The summed E-state index contributed by atoms with van der Waals surface area (Å²) in [5, 5.41) is 5.53. The molecule has 0 saturated heterocycles. The Morgan fingerprint density at radius 1 is 0.897 bits per heavy atom. The van der Waals surface area contributed by atoms with Gasteiger partial charge in [-0.25, -0.2) is 0 Å². The molecule has 2 N–H and O–H groups in total. The molecule has 0 bridgehead atoms. The standard InChI is InChI=1S/C23H21BrN2O3/c1-16(27)25-20-12-11-18(24)15-21(20)26-23(28)13-14-29-22-10-6-5-9-19(22)17-7-3-2-4-8-17/h2-12,15H,13-14H2,1H3,(H,25,27)(H,26,28). The lowest BCUT2D eigenvalue weighted by Gasteiger charge is -2.13. The van der Waals surface area contributed by atoms with E-state index >= 15 is 0 Å². The molecule has 5 nitrogen and oxygen atoms in total. The van der Waals surface area contributed by atoms with Crippen molar-refractivity contribution < 1.29 is 14.3 Å². The second-order valence-corrected chi connectivity index (χ2v) is 7.30. The van der Waals surface area contributed by atoms with Gasteiger partial charge in [-0.3, -0.25) is 9.59 Å². The number of amides is 2. The van der Waals surface area contributed by atoms with Crippen LogP contribution in [-0.4, -0.2) is 18.4 Å². The van der Waals surface area contributed by atoms with Crippen LogP contribution in [0, 0.1) is 0 Å². The highest BCUT2D eigenvalue weighted by Gasteiger charge is 2.10. The summed E-state index contributed by atoms with van der Waals surface area (Å²) in [5.41, 5.74) is 3.11. The summed E-state index contributed by atoms with van der Waals surface area (Å²) in [6.45, 7) is 1.66. The first-order chi connectivity index (χ1) is 14.0. The third-order valence-electron chi connectivity index (χ3n) is 4.12. The van der Waals surface area contributed by atoms with Gasteiger partial charge >= 0.3 is 0 Å². The van der Waals surface area contributed by atoms with E-state index in [2.05, 4.69) is 26.6 Å². The first kappa shape index (κ1) is 20.6. The average Bonchev–Trinajstić information content (AvgIpc) is 2.71. The van der Waals surface area contributed by atoms with Crippen molar-refractivity contribution in [1.82, 2.24) is 0 Å². The molecule has 6 heteroatoms. The monoisotopic (exact) mass is 452 g/mol. The van der Waals surface area contributed by atoms with Gasteiger partial charge in [0.1, 0.15) is 5.75 Å². The number of benzene rings is 3. The lowest BCUT2D eigenvalue weighted by Crippen LogP contribution is -2.17. The number of anilines is 2. The van der Waals surface area contributed by atoms with Crippen LogP contribution in [0.5, 0.6) is 5.75 Å². The Balaban J connectivity index is 1.62. The molecule has 0 atom stereocenters. The number of halogens is 1. The van der Waals surface area contributed by atoms with Crippen LogP contribution in [0.2, 0.25) is 0 Å². The maximum Gasteiger partial charge on any atom is 0.227 e. The molecule has 148 valence electrons. The predicted octanol–water partition coefficient (Wildman–Crippen LogP) is 5.48. The van der Waals surface area contributed by atoms with Crippen molar-refractivity contribution in [2.45, 2.75) is 13.3 Å². The summed E-state index contributed by atoms with van der Waals surface area (Å²) in [6.07, 6.45) is 0.176. The quantitative estimate of drug-likeness (QED) is 0.498. The second kappa shape index (κ2) is 9.89. The highest BCUT2D eigenvalue weighted by atomic mass is 79.9. The van der Waals surface area contributed by atoms with Crippen LogP contribution in [0.3, 0.4) is 0 Å². The fourth-order valence-corrected chi connectivity index (χ4v) is 3.19. The van der Waals surface area contributed by atoms with E-state index in [1.165, 1.54) is 6.92 Å². The van der Waals surface area contributed by atoms with Gasteiger partial charge in [-0.05, 0) is 29.8 Å². The molecule has 0 aliphatic rings. The first-order valence-electron chi connectivity index (χ1n) is 9.17. The van der Waals surface area contributed by atoms with Crippen LogP contribution in [0.15, 0.2) is 77.3 Å². The number of rotatable bonds is 7. The molecule has 0 unspecified atom stereocenters. The molecular weight excluding hydrogens is 432 g/mol. The van der Waals surface area contributed by atoms with Gasteiger partial charge in [-0.15, -0.1) is 0 Å². The Bertz CT molecular complexity index is 1010. The number of para-hydroxylation sites is 1. The van der Waals surface area contributed by atoms with Gasteiger partial charge in [0.2, 0.25) is 11.8 Å². The van der Waals surface area contributed by atoms with Crippen molar-refractivity contribution >= 4 is 39.1 Å². The normalized spacial score (nSPS) is 10.3. The van der Waals surface area contributed by atoms with Gasteiger partial charge in [-0.2, -0.15) is 0 Å². The Morgan fingerprint density at radius 3 is 2.38 bits per heavy atom. The number of carbonyl (C=O) groups excluding carboxylic acids is 2. The molecule has 0 heterocycles. The molecule has 0 fully saturated rings. The molecule has 0 aliphatic carbocycles. The average molecular weight is 453 g/mol. The molecule has 29 heavy (non-hydrogen) atoms. The number of hydrogen-bond donors (Lipinski definition) is 2. The fourth-order valence-electron chi connectivity index (χ4n) is 2.83. The predicted molar refractivity (Wildman–Crippen MR) is 119 cm³/mol. The van der Waals surface area contributed by atoms with Crippen LogP contribution in [0.4, 0.5) is 11.4 Å². The summed E-state index contributed by atoms with van der Waals surface area (Å²) in [6, 6.07) is 23.0. The Kier molecular flexibility index (Phi) is 7.03. The lowest BCUT2D eigenvalue weighted by molar-refractivity contribution is -0.117. The largest absolute Gasteiger partial charge is 0.492 e. The highest BCUT2D eigenvalue weighted by Crippen LogP contribution is 2.30. The summed E-state index contributed by atoms with van der Waals surface area (Å²) in [5.74, 6) is 0.323. The van der Waals surface area contributed by atoms with Crippen molar-refractivity contribution in [3.63, 3.8) is 0 Å². The summed E-state index contributed by atoms with van der Waals surface area (Å²) >= 11 is 3.38. The van der Waals surface area contributed by atoms with Crippen molar-refractivity contribution in [2.75, 3.05) is 17.2 Å². The van der Waals surface area contributed by atoms with E-state index in [9.17, 15) is 9.59 Å². The molecule has 3 rings (SSSR count). The lowest BCUT2D eigenvalue weighted by atomic mass is 10.1. The molecule has 0 saturated carbocycles. The minimum absolute atomic E-state index is 0.176. The smallest absolute Gasteiger partial charge is 0.227 e. The highest BCUT2D eigenvalue weighted by molar-refractivity contribution is 9.10. The molecule has 0 aromatic heterocycles. The number of hydrogen-bond acceptors (Lipinski definition) is 3. The zero-order chi connectivity index (χ0) is 20.6. The summed E-state index contributed by atoms with van der Waals surface area (Å²) in [7, 11) is 0. The van der Waals surface area contributed by atoms with Crippen molar-refractivity contribution in [3.05, 3.63) is 77.3 Å². The zero-order valence-electron chi connectivity index (χ0n) is 15.9. The zero-order valence-corrected chi connectivity index (χ0v) is 17.5. The third-order valence-corrected chi connectivity index (χ3v) is 4.62. The first-order valence-corrected chi connectivity index (χ1v) is 9.96. The van der Waals surface area contributed by atoms with E-state index < -0.39 is 0 Å². The second-order valence-electron chi connectivity index (χ2n) is 6.38. The Morgan fingerprint density at radius 2 is 1.62 bits per heavy atom. The van der Waals surface area contributed by atoms with Gasteiger partial charge in [0.05, 0.1) is 24.4 Å². The van der Waals surface area contributed by atoms with Gasteiger partial charge in [0, 0.05) is 17.0 Å². The SMILES string of the molecule is CC(=O)Nc1ccc(Br)cc1NC(=O)CCOc1ccccc1-c1ccccc1. The third kappa shape index (κ3) is 5.93. The van der Waals surface area contributed by atoms with Crippen LogP contribution in [0.25, 0.3) is 11.1 Å². The topological polar surface area (TPSA) is 67.4 Å². The van der Waals surface area contributed by atoms with E-state index in [0.717, 1.165) is 21.3 Å². The number of carbonyl (C=O) groups is 2. The van der Waals surface area contributed by atoms with Crippen LogP contribution >= 0.6 is 15.9 Å². The Hall–Kier alpha value is -3.12. The van der Waals surface area contributed by atoms with Gasteiger partial charge in [0.25, 0.3) is 0 Å². The van der Waals surface area contributed by atoms with E-state index in [0.29, 0.717) is 11.4 Å². The number of nitrogens with one attached hydrogen (secondary N) is 2. The molecule has 0 radical (unpaired) electrons. The van der Waals surface area contributed by atoms with Gasteiger partial charge in [0.15, 0.2) is 0 Å². The van der Waals surface area contributed by atoms with E-state index in [1.54, 1.807) is 18.2 Å². The summed E-state index contributed by atoms with van der Waals surface area (Å²) in [4.78, 5) is 23.7. The van der Waals surface area contributed by atoms with E-state index in [4.69, 9.17) is 4.74 Å². The van der Waals surface area contributed by atoms with Gasteiger partial charge in [-0.1, -0.05) is 64.5 Å². The van der Waals surface area contributed by atoms with Crippen LogP contribution in [-0.2, 0) is 9.59 Å². The molecular formula is C23H21BrN2O3. The van der Waals surface area contributed by atoms with Crippen molar-refractivity contribution in [3.8, 4) is 16.9 Å². The van der Waals surface area contributed by atoms with E-state index in [1.807, 2.05) is 54.6 Å². The minimum atomic E-state index is -0.205. The Labute approximate surface area is 178 Å². The maximum absolute atomic E-state index is 12.4. The summed E-state index contributed by atoms with van der Waals surface area (Å²) < 4.78 is 6.68. The van der Waals surface area contributed by atoms with Crippen LogP contribution < -0.4 is 15.4 Å². The molecule has 2 amide bonds. The van der Waals surface area contributed by atoms with Gasteiger partial charge < -0.3 is 15.4 Å². The molecule has 0 aliphatic heterocycles. The van der Waals surface area contributed by atoms with Crippen molar-refractivity contribution in [2.24, 2.45) is 0 Å². The molecule has 0 spiro atoms. The fraction of sp³-hybridized carbons (Fsp3) is 0.130.